The molecule has 0 radical (unpaired) electrons. The molecule has 0 saturated carbocycles. The van der Waals surface area contributed by atoms with Crippen LogP contribution >= 0.6 is 24.0 Å². The van der Waals surface area contributed by atoms with Gasteiger partial charge in [-0.25, -0.2) is 14.5 Å². The number of hydrogen-bond acceptors (Lipinski definition) is 7. The highest BCUT2D eigenvalue weighted by atomic mass is 32.1. The summed E-state index contributed by atoms with van der Waals surface area (Å²) in [7, 11) is 0. The maximum absolute atomic E-state index is 12.6. The second kappa shape index (κ2) is 10.1. The summed E-state index contributed by atoms with van der Waals surface area (Å²) < 4.78 is 1.53. The Bertz CT molecular complexity index is 986. The van der Waals surface area contributed by atoms with Crippen LogP contribution in [-0.2, 0) is 22.6 Å². The van der Waals surface area contributed by atoms with E-state index >= 15 is 0 Å². The van der Waals surface area contributed by atoms with Crippen LogP contribution < -0.4 is 0 Å². The molecule has 0 spiro atoms. The molecule has 150 valence electrons. The van der Waals surface area contributed by atoms with Gasteiger partial charge in [0, 0.05) is 16.5 Å². The number of carbonyl (C=O) groups excluding carboxylic acids is 1. The lowest BCUT2D eigenvalue weighted by Crippen LogP contribution is -2.21. The van der Waals surface area contributed by atoms with E-state index in [2.05, 4.69) is 33.1 Å². The Hall–Kier alpha value is -2.85. The molecular weight excluding hydrogens is 410 g/mol. The second-order valence-electron chi connectivity index (χ2n) is 6.28. The number of benzene rings is 1. The van der Waals surface area contributed by atoms with Crippen molar-refractivity contribution in [2.75, 3.05) is 5.75 Å². The highest BCUT2D eigenvalue weighted by Gasteiger charge is 2.22. The number of rotatable bonds is 9. The average molecular weight is 430 g/mol. The number of aliphatic imine (C=N–C) groups is 1. The van der Waals surface area contributed by atoms with Crippen molar-refractivity contribution in [1.82, 2.24) is 20.2 Å². The lowest BCUT2D eigenvalue weighted by molar-refractivity contribution is -0.130. The molecule has 1 unspecified atom stereocenters. The molecule has 0 aliphatic heterocycles. The van der Waals surface area contributed by atoms with E-state index in [1.54, 1.807) is 12.1 Å². The Balaban J connectivity index is 1.72. The minimum absolute atomic E-state index is 0.255. The molecule has 8 nitrogen and oxygen atoms in total. The van der Waals surface area contributed by atoms with Crippen molar-refractivity contribution in [2.24, 2.45) is 10.9 Å². The van der Waals surface area contributed by atoms with E-state index in [0.29, 0.717) is 30.0 Å². The summed E-state index contributed by atoms with van der Waals surface area (Å²) in [5.74, 6) is -1.86. The summed E-state index contributed by atoms with van der Waals surface area (Å²) in [5, 5.41) is 20.5. The number of thiol groups is 1. The molecule has 0 saturated heterocycles. The van der Waals surface area contributed by atoms with Gasteiger partial charge in [0.05, 0.1) is 11.4 Å². The summed E-state index contributed by atoms with van der Waals surface area (Å²) in [6.07, 6.45) is 2.72. The van der Waals surface area contributed by atoms with Gasteiger partial charge in [0.15, 0.2) is 5.71 Å². The van der Waals surface area contributed by atoms with Crippen LogP contribution in [0.1, 0.15) is 21.7 Å². The number of aryl methyl sites for hydroxylation is 1. The van der Waals surface area contributed by atoms with Gasteiger partial charge in [-0.2, -0.15) is 12.6 Å². The molecule has 0 aliphatic rings. The van der Waals surface area contributed by atoms with Gasteiger partial charge < -0.3 is 5.11 Å². The molecule has 1 aromatic carbocycles. The number of amides is 1. The normalized spacial score (nSPS) is 12.7. The van der Waals surface area contributed by atoms with Crippen molar-refractivity contribution < 1.29 is 14.7 Å². The number of aromatic nitrogens is 4. The van der Waals surface area contributed by atoms with Gasteiger partial charge in [-0.1, -0.05) is 30.3 Å². The third-order valence-electron chi connectivity index (χ3n) is 4.22. The number of nitrogens with zero attached hydrogens (tertiary/aromatic N) is 5. The molecule has 3 rings (SSSR count). The molecule has 1 amide bonds. The summed E-state index contributed by atoms with van der Waals surface area (Å²) in [6.45, 7) is 0.412. The average Bonchev–Trinajstić information content (AvgIpc) is 3.40. The lowest BCUT2D eigenvalue weighted by Gasteiger charge is -2.11. The second-order valence-corrected chi connectivity index (χ2v) is 7.81. The Labute approximate surface area is 176 Å². The monoisotopic (exact) mass is 429 g/mol. The van der Waals surface area contributed by atoms with E-state index in [1.165, 1.54) is 22.3 Å². The zero-order valence-electron chi connectivity index (χ0n) is 15.4. The number of thiophene rings is 1. The first-order chi connectivity index (χ1) is 14.1. The Morgan fingerprint density at radius 2 is 2.00 bits per heavy atom. The zero-order valence-corrected chi connectivity index (χ0v) is 17.1. The van der Waals surface area contributed by atoms with Crippen molar-refractivity contribution in [3.63, 3.8) is 0 Å². The summed E-state index contributed by atoms with van der Waals surface area (Å²) in [4.78, 5) is 29.5. The van der Waals surface area contributed by atoms with Crippen molar-refractivity contribution in [1.29, 1.82) is 0 Å². The Morgan fingerprint density at radius 3 is 2.66 bits per heavy atom. The number of hydrogen-bond donors (Lipinski definition) is 2. The van der Waals surface area contributed by atoms with Crippen molar-refractivity contribution in [3.8, 4) is 0 Å². The van der Waals surface area contributed by atoms with Crippen LogP contribution in [0.5, 0.6) is 0 Å². The number of carboxylic acids is 1. The minimum Gasteiger partial charge on any atom is -0.476 e. The molecular formula is C19H19N5O3S2. The van der Waals surface area contributed by atoms with E-state index in [1.807, 2.05) is 30.3 Å². The van der Waals surface area contributed by atoms with Gasteiger partial charge in [0.2, 0.25) is 5.91 Å². The molecule has 2 aromatic heterocycles. The van der Waals surface area contributed by atoms with Crippen LogP contribution in [0, 0.1) is 5.92 Å². The van der Waals surface area contributed by atoms with Gasteiger partial charge in [-0.3, -0.25) is 4.79 Å². The number of tetrazole rings is 1. The van der Waals surface area contributed by atoms with Crippen LogP contribution in [0.4, 0.5) is 0 Å². The Morgan fingerprint density at radius 1 is 1.21 bits per heavy atom. The van der Waals surface area contributed by atoms with Gasteiger partial charge in [-0.05, 0) is 41.0 Å². The number of aliphatic carboxylic acids is 1. The standard InChI is InChI=1S/C19H19N5O3S2/c25-18(14(11-28)7-6-13-4-2-1-3-5-13)21-17(19(26)27)16-9-8-15(29-16)10-24-12-20-22-23-24/h1-5,8-9,12,14,28H,6-7,10-11H2,(H,26,27). The largest absolute Gasteiger partial charge is 0.476 e. The molecule has 3 aromatic rings. The highest BCUT2D eigenvalue weighted by molar-refractivity contribution is 7.80. The fourth-order valence-electron chi connectivity index (χ4n) is 2.69. The first kappa shape index (κ1) is 20.9. The van der Waals surface area contributed by atoms with E-state index < -0.39 is 17.8 Å². The zero-order chi connectivity index (χ0) is 20.6. The van der Waals surface area contributed by atoms with E-state index in [-0.39, 0.29) is 5.71 Å². The summed E-state index contributed by atoms with van der Waals surface area (Å²) >= 11 is 5.50. The number of carbonyl (C=O) groups is 2. The van der Waals surface area contributed by atoms with Gasteiger partial charge >= 0.3 is 5.97 Å². The molecule has 2 heterocycles. The highest BCUT2D eigenvalue weighted by Crippen LogP contribution is 2.20. The SMILES string of the molecule is O=C(O)C(=NC(=O)C(CS)CCc1ccccc1)c1ccc(Cn2cnnn2)s1. The maximum Gasteiger partial charge on any atom is 0.356 e. The maximum atomic E-state index is 12.6. The van der Waals surface area contributed by atoms with Crippen molar-refractivity contribution >= 4 is 41.6 Å². The summed E-state index contributed by atoms with van der Waals surface area (Å²) in [5.41, 5.74) is 0.856. The first-order valence-corrected chi connectivity index (χ1v) is 10.3. The fourth-order valence-corrected chi connectivity index (χ4v) is 4.01. The molecule has 0 bridgehead atoms. The lowest BCUT2D eigenvalue weighted by atomic mass is 10.0. The van der Waals surface area contributed by atoms with Crippen LogP contribution in [0.25, 0.3) is 0 Å². The molecule has 10 heteroatoms. The predicted octanol–water partition coefficient (Wildman–Crippen LogP) is 2.36. The van der Waals surface area contributed by atoms with Crippen molar-refractivity contribution in [2.45, 2.75) is 19.4 Å². The fraction of sp³-hybridized carbons (Fsp3) is 0.263. The molecule has 1 atom stereocenters. The van der Waals surface area contributed by atoms with E-state index in [0.717, 1.165) is 10.4 Å². The van der Waals surface area contributed by atoms with Gasteiger partial charge in [-0.15, -0.1) is 16.4 Å². The third kappa shape index (κ3) is 5.81. The molecule has 1 N–H and O–H groups in total. The topological polar surface area (TPSA) is 110 Å². The predicted molar refractivity (Wildman–Crippen MR) is 113 cm³/mol. The number of carboxylic acid groups (broad SMARTS) is 1. The minimum atomic E-state index is -1.24. The Kier molecular flexibility index (Phi) is 7.25. The quantitative estimate of drug-likeness (QED) is 0.399. The van der Waals surface area contributed by atoms with Crippen LogP contribution in [-0.4, -0.2) is 48.7 Å². The van der Waals surface area contributed by atoms with E-state index in [4.69, 9.17) is 0 Å². The van der Waals surface area contributed by atoms with Crippen LogP contribution in [0.3, 0.4) is 0 Å². The third-order valence-corrected chi connectivity index (χ3v) is 5.74. The molecule has 29 heavy (non-hydrogen) atoms. The smallest absolute Gasteiger partial charge is 0.356 e. The molecule has 0 fully saturated rings. The first-order valence-electron chi connectivity index (χ1n) is 8.87. The van der Waals surface area contributed by atoms with Crippen LogP contribution in [0.2, 0.25) is 0 Å². The van der Waals surface area contributed by atoms with Gasteiger partial charge in [0.1, 0.15) is 6.33 Å². The van der Waals surface area contributed by atoms with Crippen LogP contribution in [0.15, 0.2) is 53.8 Å². The van der Waals surface area contributed by atoms with Gasteiger partial charge in [0.25, 0.3) is 0 Å². The summed E-state index contributed by atoms with van der Waals surface area (Å²) in [6, 6.07) is 13.2. The van der Waals surface area contributed by atoms with Crippen molar-refractivity contribution in [3.05, 3.63) is 64.1 Å². The van der Waals surface area contributed by atoms with E-state index in [9.17, 15) is 14.7 Å². The molecule has 0 aliphatic carbocycles.